The third-order valence-electron chi connectivity index (χ3n) is 2.89. The van der Waals surface area contributed by atoms with E-state index in [9.17, 15) is 14.4 Å². The van der Waals surface area contributed by atoms with Crippen LogP contribution in [0.4, 0.5) is 5.69 Å². The Morgan fingerprint density at radius 3 is 1.68 bits per heavy atom. The third kappa shape index (κ3) is 7.13. The van der Waals surface area contributed by atoms with Crippen LogP contribution in [0, 0.1) is 10.8 Å². The lowest BCUT2D eigenvalue weighted by Gasteiger charge is -2.20. The zero-order chi connectivity index (χ0) is 18.7. The fraction of sp³-hybridized carbons (Fsp3) is 0.500. The van der Waals surface area contributed by atoms with Gasteiger partial charge >= 0.3 is 11.9 Å². The number of rotatable bonds is 3. The molecule has 0 atom stereocenters. The van der Waals surface area contributed by atoms with Crippen LogP contribution in [-0.4, -0.2) is 17.8 Å². The third-order valence-corrected chi connectivity index (χ3v) is 2.89. The summed E-state index contributed by atoms with van der Waals surface area (Å²) < 4.78 is 10.7. The van der Waals surface area contributed by atoms with Crippen molar-refractivity contribution in [3.63, 3.8) is 0 Å². The summed E-state index contributed by atoms with van der Waals surface area (Å²) in [7, 11) is 0. The minimum absolute atomic E-state index is 0. The van der Waals surface area contributed by atoms with Gasteiger partial charge in [-0.15, -0.1) is 12.4 Å². The van der Waals surface area contributed by atoms with E-state index in [0.717, 1.165) is 0 Å². The summed E-state index contributed by atoms with van der Waals surface area (Å²) in [5.41, 5.74) is -0.994. The normalized spacial score (nSPS) is 11.2. The molecule has 7 heteroatoms. The van der Waals surface area contributed by atoms with Crippen molar-refractivity contribution in [2.75, 3.05) is 5.32 Å². The summed E-state index contributed by atoms with van der Waals surface area (Å²) in [6, 6.07) is 4.51. The highest BCUT2D eigenvalue weighted by molar-refractivity contribution is 5.89. The zero-order valence-electron chi connectivity index (χ0n) is 15.7. The summed E-state index contributed by atoms with van der Waals surface area (Å²) in [4.78, 5) is 35.4. The number of hydrogen-bond acceptors (Lipinski definition) is 5. The lowest BCUT2D eigenvalue weighted by Crippen LogP contribution is -2.28. The molecule has 140 valence electrons. The monoisotopic (exact) mass is 371 g/mol. The van der Waals surface area contributed by atoms with Crippen LogP contribution in [0.3, 0.4) is 0 Å². The van der Waals surface area contributed by atoms with Crippen LogP contribution >= 0.6 is 12.4 Å². The fourth-order valence-electron chi connectivity index (χ4n) is 1.46. The average Bonchev–Trinajstić information content (AvgIpc) is 2.38. The van der Waals surface area contributed by atoms with Crippen molar-refractivity contribution in [3.05, 3.63) is 18.2 Å². The van der Waals surface area contributed by atoms with E-state index in [4.69, 9.17) is 9.47 Å². The maximum Gasteiger partial charge on any atom is 0.316 e. The number of carbonyl (C=O) groups is 3. The van der Waals surface area contributed by atoms with Crippen molar-refractivity contribution >= 4 is 35.9 Å². The Morgan fingerprint density at radius 2 is 1.28 bits per heavy atom. The van der Waals surface area contributed by atoms with Gasteiger partial charge in [0.2, 0.25) is 5.91 Å². The van der Waals surface area contributed by atoms with Crippen molar-refractivity contribution < 1.29 is 23.9 Å². The first-order valence-corrected chi connectivity index (χ1v) is 7.67. The minimum atomic E-state index is -0.727. The maximum atomic E-state index is 12.2. The van der Waals surface area contributed by atoms with Crippen molar-refractivity contribution in [3.8, 4) is 11.5 Å². The van der Waals surface area contributed by atoms with E-state index in [1.165, 1.54) is 19.1 Å². The average molecular weight is 372 g/mol. The van der Waals surface area contributed by atoms with Crippen LogP contribution in [0.15, 0.2) is 18.2 Å². The number of halogens is 1. The lowest BCUT2D eigenvalue weighted by molar-refractivity contribution is -0.145. The second-order valence-corrected chi connectivity index (χ2v) is 7.62. The van der Waals surface area contributed by atoms with Gasteiger partial charge in [-0.1, -0.05) is 0 Å². The first-order chi connectivity index (χ1) is 10.8. The van der Waals surface area contributed by atoms with Gasteiger partial charge in [0.15, 0.2) is 11.5 Å². The minimum Gasteiger partial charge on any atom is -0.422 e. The Kier molecular flexibility index (Phi) is 7.64. The number of nitrogens with one attached hydrogen (secondary N) is 1. The van der Waals surface area contributed by atoms with Crippen LogP contribution in [0.2, 0.25) is 0 Å². The molecule has 0 spiro atoms. The molecule has 0 saturated carbocycles. The van der Waals surface area contributed by atoms with Gasteiger partial charge in [0, 0.05) is 18.7 Å². The Balaban J connectivity index is 0.00000576. The van der Waals surface area contributed by atoms with Crippen LogP contribution in [0.25, 0.3) is 0 Å². The van der Waals surface area contributed by atoms with Gasteiger partial charge in [-0.3, -0.25) is 14.4 Å². The van der Waals surface area contributed by atoms with E-state index in [2.05, 4.69) is 5.32 Å². The van der Waals surface area contributed by atoms with Gasteiger partial charge in [-0.05, 0) is 53.7 Å². The Hall–Kier alpha value is -2.08. The molecular formula is C18H26ClNO5. The predicted molar refractivity (Wildman–Crippen MR) is 98.2 cm³/mol. The summed E-state index contributed by atoms with van der Waals surface area (Å²) >= 11 is 0. The molecule has 0 bridgehead atoms. The number of hydrogen-bond donors (Lipinski definition) is 1. The highest BCUT2D eigenvalue weighted by Crippen LogP contribution is 2.34. The number of esters is 2. The molecule has 0 heterocycles. The maximum absolute atomic E-state index is 12.2. The highest BCUT2D eigenvalue weighted by atomic mass is 35.5. The van der Waals surface area contributed by atoms with E-state index in [1.54, 1.807) is 47.6 Å². The molecule has 1 aromatic rings. The predicted octanol–water partition coefficient (Wildman–Crippen LogP) is 3.97. The van der Waals surface area contributed by atoms with E-state index in [-0.39, 0.29) is 29.8 Å². The molecule has 1 aromatic carbocycles. The largest absolute Gasteiger partial charge is 0.422 e. The molecule has 0 radical (unpaired) electrons. The summed E-state index contributed by atoms with van der Waals surface area (Å²) in [5.74, 6) is -0.985. The van der Waals surface area contributed by atoms with Crippen molar-refractivity contribution in [2.24, 2.45) is 10.8 Å². The van der Waals surface area contributed by atoms with Crippen molar-refractivity contribution in [2.45, 2.75) is 48.5 Å². The molecule has 0 aliphatic carbocycles. The van der Waals surface area contributed by atoms with Gasteiger partial charge < -0.3 is 14.8 Å². The Labute approximate surface area is 154 Å². The molecule has 25 heavy (non-hydrogen) atoms. The molecular weight excluding hydrogens is 346 g/mol. The molecule has 0 saturated heterocycles. The number of anilines is 1. The van der Waals surface area contributed by atoms with E-state index >= 15 is 0 Å². The lowest BCUT2D eigenvalue weighted by atomic mass is 9.97. The van der Waals surface area contributed by atoms with Gasteiger partial charge in [0.05, 0.1) is 10.8 Å². The molecule has 0 aliphatic rings. The highest BCUT2D eigenvalue weighted by Gasteiger charge is 2.28. The summed E-state index contributed by atoms with van der Waals surface area (Å²) in [6.07, 6.45) is 0. The number of benzene rings is 1. The van der Waals surface area contributed by atoms with Crippen LogP contribution in [0.5, 0.6) is 11.5 Å². The van der Waals surface area contributed by atoms with E-state index in [1.807, 2.05) is 0 Å². The quantitative estimate of drug-likeness (QED) is 0.642. The fourth-order valence-corrected chi connectivity index (χ4v) is 1.46. The van der Waals surface area contributed by atoms with Gasteiger partial charge in [0.1, 0.15) is 0 Å². The molecule has 1 rings (SSSR count). The number of ether oxygens (including phenoxy) is 2. The van der Waals surface area contributed by atoms with Gasteiger partial charge in [-0.2, -0.15) is 0 Å². The number of carbonyl (C=O) groups excluding carboxylic acids is 3. The van der Waals surface area contributed by atoms with Gasteiger partial charge in [0.25, 0.3) is 0 Å². The summed E-state index contributed by atoms with van der Waals surface area (Å²) in [6.45, 7) is 11.7. The summed E-state index contributed by atoms with van der Waals surface area (Å²) in [5, 5.41) is 2.60. The second kappa shape index (κ2) is 8.34. The van der Waals surface area contributed by atoms with Crippen LogP contribution in [-0.2, 0) is 14.4 Å². The van der Waals surface area contributed by atoms with Gasteiger partial charge in [-0.25, -0.2) is 0 Å². The van der Waals surface area contributed by atoms with Crippen LogP contribution < -0.4 is 14.8 Å². The molecule has 0 aliphatic heterocycles. The molecule has 1 amide bonds. The molecule has 0 unspecified atom stereocenters. The standard InChI is InChI=1S/C18H25NO5.ClH/c1-11(20)19-12-8-9-13(23-15(21)17(2,3)4)14(10-12)24-16(22)18(5,6)7;/h8-10H,1-7H3,(H,19,20);1H. The zero-order valence-corrected chi connectivity index (χ0v) is 16.5. The second-order valence-electron chi connectivity index (χ2n) is 7.62. The smallest absolute Gasteiger partial charge is 0.316 e. The van der Waals surface area contributed by atoms with Crippen molar-refractivity contribution in [1.29, 1.82) is 0 Å². The van der Waals surface area contributed by atoms with Crippen molar-refractivity contribution in [1.82, 2.24) is 0 Å². The molecule has 1 N–H and O–H groups in total. The Bertz CT molecular complexity index is 656. The molecule has 6 nitrogen and oxygen atoms in total. The van der Waals surface area contributed by atoms with E-state index < -0.39 is 22.8 Å². The first-order valence-electron chi connectivity index (χ1n) is 7.67. The van der Waals surface area contributed by atoms with Crippen LogP contribution in [0.1, 0.15) is 48.5 Å². The topological polar surface area (TPSA) is 81.7 Å². The first kappa shape index (κ1) is 22.9. The Morgan fingerprint density at radius 1 is 0.840 bits per heavy atom. The molecule has 0 aromatic heterocycles. The number of amides is 1. The molecule has 0 fully saturated rings. The SMILES string of the molecule is CC(=O)Nc1ccc(OC(=O)C(C)(C)C)c(OC(=O)C(C)(C)C)c1.Cl. The van der Waals surface area contributed by atoms with E-state index in [0.29, 0.717) is 5.69 Å².